The molecule has 0 bridgehead atoms. The Morgan fingerprint density at radius 2 is 1.91 bits per heavy atom. The van der Waals surface area contributed by atoms with Crippen molar-refractivity contribution in [3.63, 3.8) is 0 Å². The summed E-state index contributed by atoms with van der Waals surface area (Å²) in [5, 5.41) is 31.3. The summed E-state index contributed by atoms with van der Waals surface area (Å²) in [4.78, 5) is 12.9. The van der Waals surface area contributed by atoms with E-state index in [-0.39, 0.29) is 12.6 Å². The number of carboxylic acid groups (broad SMARTS) is 1. The van der Waals surface area contributed by atoms with E-state index in [4.69, 9.17) is 14.6 Å². The van der Waals surface area contributed by atoms with Gasteiger partial charge in [-0.25, -0.2) is 4.79 Å². The van der Waals surface area contributed by atoms with Gasteiger partial charge in [0.15, 0.2) is 17.6 Å². The Morgan fingerprint density at radius 1 is 1.17 bits per heavy atom. The number of β-amino-alcohol motifs (C(OH)–C–C–N with tert-alkyl or cyclic N) is 1. The van der Waals surface area contributed by atoms with Crippen molar-refractivity contribution in [3.05, 3.63) is 41.5 Å². The van der Waals surface area contributed by atoms with Crippen molar-refractivity contribution >= 4 is 11.7 Å². The zero-order chi connectivity index (χ0) is 25.4. The van der Waals surface area contributed by atoms with Crippen LogP contribution in [0.4, 0.5) is 5.69 Å². The molecule has 0 aliphatic carbocycles. The van der Waals surface area contributed by atoms with Crippen molar-refractivity contribution in [2.24, 2.45) is 0 Å². The van der Waals surface area contributed by atoms with Crippen LogP contribution in [0.3, 0.4) is 0 Å². The summed E-state index contributed by atoms with van der Waals surface area (Å²) in [5.41, 5.74) is 5.28. The third kappa shape index (κ3) is 6.87. The SMILES string of the molecule is CCCOc1c(N2CCC(O)C2)cc(-c2ccccc2C)c(C)c1OCCCNCC(O)C(=O)O. The number of nitrogens with one attached hydrogen (secondary N) is 1. The molecule has 1 aliphatic heterocycles. The second-order valence-electron chi connectivity index (χ2n) is 9.04. The fourth-order valence-corrected chi connectivity index (χ4v) is 4.28. The fraction of sp³-hybridized carbons (Fsp3) is 0.519. The highest BCUT2D eigenvalue weighted by Gasteiger charge is 2.28. The van der Waals surface area contributed by atoms with Crippen molar-refractivity contribution < 1.29 is 29.6 Å². The van der Waals surface area contributed by atoms with Crippen molar-refractivity contribution in [3.8, 4) is 22.6 Å². The largest absolute Gasteiger partial charge is 0.489 e. The third-order valence-electron chi connectivity index (χ3n) is 6.22. The second kappa shape index (κ2) is 12.8. The lowest BCUT2D eigenvalue weighted by Gasteiger charge is -2.27. The Bertz CT molecular complexity index is 996. The van der Waals surface area contributed by atoms with Gasteiger partial charge in [0.05, 0.1) is 25.0 Å². The number of ether oxygens (including phenoxy) is 2. The molecule has 1 saturated heterocycles. The molecule has 0 saturated carbocycles. The number of hydrogen-bond acceptors (Lipinski definition) is 7. The first kappa shape index (κ1) is 26.8. The van der Waals surface area contributed by atoms with Crippen molar-refractivity contribution in [2.45, 2.75) is 52.2 Å². The highest BCUT2D eigenvalue weighted by molar-refractivity contribution is 5.82. The first-order chi connectivity index (χ1) is 16.8. The predicted molar refractivity (Wildman–Crippen MR) is 137 cm³/mol. The molecule has 35 heavy (non-hydrogen) atoms. The van der Waals surface area contributed by atoms with E-state index >= 15 is 0 Å². The van der Waals surface area contributed by atoms with Gasteiger partial charge in [-0.15, -0.1) is 0 Å². The average Bonchev–Trinajstić information content (AvgIpc) is 3.27. The number of aliphatic hydroxyl groups excluding tert-OH is 2. The van der Waals surface area contributed by atoms with Crippen LogP contribution in [0.25, 0.3) is 11.1 Å². The monoisotopic (exact) mass is 486 g/mol. The van der Waals surface area contributed by atoms with Gasteiger partial charge >= 0.3 is 5.97 Å². The second-order valence-corrected chi connectivity index (χ2v) is 9.04. The van der Waals surface area contributed by atoms with E-state index in [0.717, 1.165) is 40.9 Å². The normalized spacial score (nSPS) is 16.4. The van der Waals surface area contributed by atoms with Crippen LogP contribution in [-0.4, -0.2) is 72.9 Å². The van der Waals surface area contributed by atoms with Gasteiger partial charge in [0, 0.05) is 25.2 Å². The molecule has 2 atom stereocenters. The average molecular weight is 487 g/mol. The summed E-state index contributed by atoms with van der Waals surface area (Å²) in [6.07, 6.45) is 0.414. The third-order valence-corrected chi connectivity index (χ3v) is 6.22. The molecule has 4 N–H and O–H groups in total. The quantitative estimate of drug-likeness (QED) is 0.320. The molecular weight excluding hydrogens is 448 g/mol. The van der Waals surface area contributed by atoms with Crippen molar-refractivity contribution in [1.82, 2.24) is 5.32 Å². The van der Waals surface area contributed by atoms with Crippen LogP contribution < -0.4 is 19.7 Å². The summed E-state index contributed by atoms with van der Waals surface area (Å²) >= 11 is 0. The van der Waals surface area contributed by atoms with Crippen LogP contribution in [0.15, 0.2) is 30.3 Å². The molecule has 3 rings (SSSR count). The van der Waals surface area contributed by atoms with E-state index in [1.807, 2.05) is 19.1 Å². The molecule has 192 valence electrons. The van der Waals surface area contributed by atoms with Crippen molar-refractivity contribution in [1.29, 1.82) is 0 Å². The zero-order valence-corrected chi connectivity index (χ0v) is 20.9. The Morgan fingerprint density at radius 3 is 2.57 bits per heavy atom. The lowest BCUT2D eigenvalue weighted by atomic mass is 9.94. The smallest absolute Gasteiger partial charge is 0.333 e. The number of hydrogen-bond donors (Lipinski definition) is 4. The lowest BCUT2D eigenvalue weighted by Crippen LogP contribution is -2.33. The Labute approximate surface area is 207 Å². The molecule has 0 spiro atoms. The van der Waals surface area contributed by atoms with Crippen LogP contribution in [0.1, 0.15) is 37.3 Å². The Hall–Kier alpha value is -2.81. The number of anilines is 1. The summed E-state index contributed by atoms with van der Waals surface area (Å²) in [5.74, 6) is 0.154. The molecule has 8 nitrogen and oxygen atoms in total. The van der Waals surface area contributed by atoms with Gasteiger partial charge in [-0.2, -0.15) is 0 Å². The molecule has 0 amide bonds. The van der Waals surface area contributed by atoms with Crippen molar-refractivity contribution in [2.75, 3.05) is 44.3 Å². The highest BCUT2D eigenvalue weighted by Crippen LogP contribution is 2.47. The molecule has 8 heteroatoms. The number of rotatable bonds is 13. The number of aliphatic carboxylic acids is 1. The van der Waals surface area contributed by atoms with Gasteiger partial charge in [0.2, 0.25) is 0 Å². The van der Waals surface area contributed by atoms with E-state index in [1.54, 1.807) is 0 Å². The summed E-state index contributed by atoms with van der Waals surface area (Å²) in [6.45, 7) is 8.94. The Balaban J connectivity index is 1.90. The first-order valence-corrected chi connectivity index (χ1v) is 12.4. The van der Waals surface area contributed by atoms with Crippen LogP contribution in [-0.2, 0) is 4.79 Å². The lowest BCUT2D eigenvalue weighted by molar-refractivity contribution is -0.146. The number of aliphatic hydroxyl groups is 2. The number of carbonyl (C=O) groups is 1. The van der Waals surface area contributed by atoms with E-state index < -0.39 is 12.1 Å². The topological polar surface area (TPSA) is 111 Å². The first-order valence-electron chi connectivity index (χ1n) is 12.4. The summed E-state index contributed by atoms with van der Waals surface area (Å²) < 4.78 is 12.6. The number of benzene rings is 2. The van der Waals surface area contributed by atoms with Crippen LogP contribution in [0.2, 0.25) is 0 Å². The van der Waals surface area contributed by atoms with E-state index in [1.165, 1.54) is 0 Å². The maximum absolute atomic E-state index is 10.8. The maximum atomic E-state index is 10.8. The van der Waals surface area contributed by atoms with Gasteiger partial charge in [0.25, 0.3) is 0 Å². The fourth-order valence-electron chi connectivity index (χ4n) is 4.28. The van der Waals surface area contributed by atoms with Gasteiger partial charge in [0.1, 0.15) is 0 Å². The minimum atomic E-state index is -1.42. The van der Waals surface area contributed by atoms with Crippen LogP contribution >= 0.6 is 0 Å². The van der Waals surface area contributed by atoms with E-state index in [2.05, 4.69) is 42.3 Å². The van der Waals surface area contributed by atoms with E-state index in [9.17, 15) is 15.0 Å². The highest BCUT2D eigenvalue weighted by atomic mass is 16.5. The molecule has 2 unspecified atom stereocenters. The number of nitrogens with zero attached hydrogens (tertiary/aromatic N) is 1. The zero-order valence-electron chi connectivity index (χ0n) is 20.9. The number of carboxylic acids is 1. The van der Waals surface area contributed by atoms with Gasteiger partial charge in [-0.3, -0.25) is 0 Å². The minimum Gasteiger partial charge on any atom is -0.489 e. The maximum Gasteiger partial charge on any atom is 0.333 e. The molecular formula is C27H38N2O6. The number of aryl methyl sites for hydroxylation is 1. The van der Waals surface area contributed by atoms with Gasteiger partial charge in [-0.05, 0) is 62.4 Å². The van der Waals surface area contributed by atoms with Gasteiger partial charge < -0.3 is 35.0 Å². The van der Waals surface area contributed by atoms with E-state index in [0.29, 0.717) is 50.6 Å². The molecule has 1 aliphatic rings. The molecule has 1 heterocycles. The molecule has 0 radical (unpaired) electrons. The van der Waals surface area contributed by atoms with Crippen LogP contribution in [0, 0.1) is 13.8 Å². The molecule has 2 aromatic carbocycles. The Kier molecular flexibility index (Phi) is 9.77. The molecule has 0 aromatic heterocycles. The molecule has 2 aromatic rings. The standard InChI is InChI=1S/C27H38N2O6/c1-4-13-34-26-23(29-12-10-20(30)17-29)15-22(21-9-6-5-8-18(21)2)19(3)25(26)35-14-7-11-28-16-24(31)27(32)33/h5-6,8-9,15,20,24,28,30-31H,4,7,10-14,16-17H2,1-3H3,(H,32,33). The predicted octanol–water partition coefficient (Wildman–Crippen LogP) is 3.13. The summed E-state index contributed by atoms with van der Waals surface area (Å²) in [7, 11) is 0. The summed E-state index contributed by atoms with van der Waals surface area (Å²) in [6, 6.07) is 10.4. The minimum absolute atomic E-state index is 0.0105. The molecule has 1 fully saturated rings. The van der Waals surface area contributed by atoms with Crippen LogP contribution in [0.5, 0.6) is 11.5 Å². The van der Waals surface area contributed by atoms with Gasteiger partial charge in [-0.1, -0.05) is 31.2 Å².